The van der Waals surface area contributed by atoms with Crippen LogP contribution < -0.4 is 0 Å². The first-order valence-corrected chi connectivity index (χ1v) is 22.3. The molecule has 0 aliphatic heterocycles. The van der Waals surface area contributed by atoms with Gasteiger partial charge in [0.05, 0.1) is 18.6 Å². The zero-order valence-corrected chi connectivity index (χ0v) is 33.7. The van der Waals surface area contributed by atoms with E-state index in [4.69, 9.17) is 14.0 Å². The standard InChI is InChI=1S/C41H81O8P/c1-3-5-7-9-11-13-15-17-19-21-23-25-27-29-31-33-39(43)47-36-41(35-42,38-49-50(45)46)37-48-40(44)34-32-30-28-26-24-22-20-18-16-14-12-10-8-6-4-2/h42,45-46H,3-38H2,1-2H3. The number of carbonyl (C=O) groups excluding carboxylic acids is 2. The number of unbranched alkanes of at least 4 members (excludes halogenated alkanes) is 28. The average Bonchev–Trinajstić information content (AvgIpc) is 3.11. The maximum absolute atomic E-state index is 12.4. The summed E-state index contributed by atoms with van der Waals surface area (Å²) < 4.78 is 15.9. The first-order valence-electron chi connectivity index (χ1n) is 21.1. The third-order valence-corrected chi connectivity index (χ3v) is 10.2. The molecule has 0 aromatic heterocycles. The molecule has 0 aromatic carbocycles. The molecule has 298 valence electrons. The fourth-order valence-electron chi connectivity index (χ4n) is 6.35. The van der Waals surface area contributed by atoms with Gasteiger partial charge < -0.3 is 28.9 Å². The number of carbonyl (C=O) groups is 2. The minimum absolute atomic E-state index is 0.226. The minimum atomic E-state index is -2.67. The Morgan fingerprint density at radius 2 is 0.700 bits per heavy atom. The van der Waals surface area contributed by atoms with E-state index in [2.05, 4.69) is 13.8 Å². The number of hydrogen-bond acceptors (Lipinski definition) is 8. The van der Waals surface area contributed by atoms with Gasteiger partial charge in [-0.2, -0.15) is 0 Å². The molecule has 50 heavy (non-hydrogen) atoms. The summed E-state index contributed by atoms with van der Waals surface area (Å²) in [5, 5.41) is 10.1. The average molecular weight is 733 g/mol. The van der Waals surface area contributed by atoms with Crippen LogP contribution in [0.5, 0.6) is 0 Å². The van der Waals surface area contributed by atoms with Crippen molar-refractivity contribution < 1.29 is 38.5 Å². The van der Waals surface area contributed by atoms with Crippen molar-refractivity contribution >= 4 is 20.5 Å². The van der Waals surface area contributed by atoms with Gasteiger partial charge in [-0.25, -0.2) is 0 Å². The number of aliphatic hydroxyl groups excluding tert-OH is 1. The van der Waals surface area contributed by atoms with Gasteiger partial charge in [-0.1, -0.05) is 194 Å². The predicted molar refractivity (Wildman–Crippen MR) is 208 cm³/mol. The number of rotatable bonds is 40. The topological polar surface area (TPSA) is 123 Å². The molecule has 0 spiro atoms. The van der Waals surface area contributed by atoms with E-state index in [1.165, 1.54) is 154 Å². The Balaban J connectivity index is 4.01. The molecule has 0 aliphatic rings. The van der Waals surface area contributed by atoms with Gasteiger partial charge in [0.15, 0.2) is 0 Å². The van der Waals surface area contributed by atoms with Gasteiger partial charge in [-0.3, -0.25) is 9.59 Å². The molecule has 3 N–H and O–H groups in total. The third kappa shape index (κ3) is 34.3. The zero-order chi connectivity index (χ0) is 36.8. The lowest BCUT2D eigenvalue weighted by molar-refractivity contribution is -0.158. The van der Waals surface area contributed by atoms with Crippen LogP contribution in [0, 0.1) is 5.41 Å². The Bertz CT molecular complexity index is 685. The van der Waals surface area contributed by atoms with Crippen LogP contribution in [0.4, 0.5) is 0 Å². The molecule has 0 amide bonds. The van der Waals surface area contributed by atoms with Crippen LogP contribution in [0.1, 0.15) is 219 Å². The molecule has 0 bridgehead atoms. The van der Waals surface area contributed by atoms with Crippen LogP contribution in [0.2, 0.25) is 0 Å². The lowest BCUT2D eigenvalue weighted by Crippen LogP contribution is -2.41. The molecule has 0 fully saturated rings. The fraction of sp³-hybridized carbons (Fsp3) is 0.951. The molecule has 0 saturated carbocycles. The molecule has 0 heterocycles. The molecule has 0 saturated heterocycles. The lowest BCUT2D eigenvalue weighted by atomic mass is 9.92. The van der Waals surface area contributed by atoms with Crippen LogP contribution in [0.3, 0.4) is 0 Å². The van der Waals surface area contributed by atoms with Crippen LogP contribution in [-0.2, 0) is 23.6 Å². The van der Waals surface area contributed by atoms with Gasteiger partial charge in [0.25, 0.3) is 0 Å². The number of hydrogen-bond donors (Lipinski definition) is 3. The quantitative estimate of drug-likeness (QED) is 0.0323. The van der Waals surface area contributed by atoms with Crippen molar-refractivity contribution in [3.8, 4) is 0 Å². The fourth-order valence-corrected chi connectivity index (χ4v) is 6.74. The molecule has 9 heteroatoms. The molecule has 0 rings (SSSR count). The molecular weight excluding hydrogens is 651 g/mol. The van der Waals surface area contributed by atoms with Gasteiger partial charge in [0.1, 0.15) is 13.2 Å². The normalized spacial score (nSPS) is 11.8. The SMILES string of the molecule is CCCCCCCCCCCCCCCCCC(=O)OCC(CO)(COC(=O)CCCCCCCCCCCCCCCCC)COP(O)O. The van der Waals surface area contributed by atoms with E-state index in [-0.39, 0.29) is 44.6 Å². The van der Waals surface area contributed by atoms with Crippen LogP contribution in [0.25, 0.3) is 0 Å². The van der Waals surface area contributed by atoms with Crippen molar-refractivity contribution in [3.05, 3.63) is 0 Å². The van der Waals surface area contributed by atoms with E-state index < -0.39 is 20.6 Å². The van der Waals surface area contributed by atoms with Gasteiger partial charge in [-0.15, -0.1) is 0 Å². The van der Waals surface area contributed by atoms with Gasteiger partial charge in [0.2, 0.25) is 0 Å². The highest BCUT2D eigenvalue weighted by Crippen LogP contribution is 2.30. The molecule has 0 unspecified atom stereocenters. The molecular formula is C41H81O8P. The van der Waals surface area contributed by atoms with Crippen molar-refractivity contribution in [1.82, 2.24) is 0 Å². The second-order valence-corrected chi connectivity index (χ2v) is 15.7. The summed E-state index contributed by atoms with van der Waals surface area (Å²) in [5.41, 5.74) is -1.25. The van der Waals surface area contributed by atoms with E-state index in [1.54, 1.807) is 0 Å². The Morgan fingerprint density at radius 1 is 0.440 bits per heavy atom. The summed E-state index contributed by atoms with van der Waals surface area (Å²) in [6, 6.07) is 0. The van der Waals surface area contributed by atoms with E-state index in [0.717, 1.165) is 38.5 Å². The smallest absolute Gasteiger partial charge is 0.327 e. The van der Waals surface area contributed by atoms with Crippen molar-refractivity contribution in [2.24, 2.45) is 5.41 Å². The summed E-state index contributed by atoms with van der Waals surface area (Å²) in [6.07, 6.45) is 38.1. The first kappa shape index (κ1) is 49.2. The maximum Gasteiger partial charge on any atom is 0.327 e. The largest absolute Gasteiger partial charge is 0.465 e. The highest BCUT2D eigenvalue weighted by Gasteiger charge is 2.35. The molecule has 0 aliphatic carbocycles. The summed E-state index contributed by atoms with van der Waals surface area (Å²) >= 11 is 0. The number of esters is 2. The summed E-state index contributed by atoms with van der Waals surface area (Å²) in [6.45, 7) is 3.27. The second-order valence-electron chi connectivity index (χ2n) is 14.9. The van der Waals surface area contributed by atoms with Gasteiger partial charge in [0, 0.05) is 12.8 Å². The predicted octanol–water partition coefficient (Wildman–Crippen LogP) is 11.8. The van der Waals surface area contributed by atoms with E-state index in [0.29, 0.717) is 0 Å². The van der Waals surface area contributed by atoms with Crippen molar-refractivity contribution in [1.29, 1.82) is 0 Å². The molecule has 0 aromatic rings. The lowest BCUT2D eigenvalue weighted by Gasteiger charge is -2.30. The third-order valence-electron chi connectivity index (χ3n) is 9.87. The van der Waals surface area contributed by atoms with Crippen LogP contribution >= 0.6 is 8.60 Å². The Hall–Kier alpha value is -0.790. The summed E-state index contributed by atoms with van der Waals surface area (Å²) in [5.74, 6) is -0.756. The highest BCUT2D eigenvalue weighted by molar-refractivity contribution is 7.39. The Morgan fingerprint density at radius 3 is 0.940 bits per heavy atom. The summed E-state index contributed by atoms with van der Waals surface area (Å²) in [4.78, 5) is 43.4. The van der Waals surface area contributed by atoms with Gasteiger partial charge >= 0.3 is 20.5 Å². The van der Waals surface area contributed by atoms with Crippen molar-refractivity contribution in [2.75, 3.05) is 26.4 Å². The number of aliphatic hydroxyl groups is 1. The van der Waals surface area contributed by atoms with Gasteiger partial charge in [-0.05, 0) is 12.8 Å². The molecule has 0 radical (unpaired) electrons. The summed E-state index contributed by atoms with van der Waals surface area (Å²) in [7, 11) is -2.67. The highest BCUT2D eigenvalue weighted by atomic mass is 31.2. The molecule has 8 nitrogen and oxygen atoms in total. The Labute approximate surface area is 309 Å². The van der Waals surface area contributed by atoms with Crippen molar-refractivity contribution in [3.63, 3.8) is 0 Å². The van der Waals surface area contributed by atoms with Crippen molar-refractivity contribution in [2.45, 2.75) is 219 Å². The van der Waals surface area contributed by atoms with Crippen LogP contribution in [-0.4, -0.2) is 53.3 Å². The zero-order valence-electron chi connectivity index (χ0n) is 32.8. The maximum atomic E-state index is 12.4. The van der Waals surface area contributed by atoms with E-state index >= 15 is 0 Å². The molecule has 0 atom stereocenters. The Kier molecular flexibility index (Phi) is 37.4. The number of ether oxygens (including phenoxy) is 2. The second kappa shape index (κ2) is 38.0. The first-order chi connectivity index (χ1) is 24.4. The van der Waals surface area contributed by atoms with Crippen LogP contribution in [0.15, 0.2) is 0 Å². The van der Waals surface area contributed by atoms with E-state index in [9.17, 15) is 24.5 Å². The monoisotopic (exact) mass is 733 g/mol. The minimum Gasteiger partial charge on any atom is -0.465 e. The van der Waals surface area contributed by atoms with E-state index in [1.807, 2.05) is 0 Å².